The quantitative estimate of drug-likeness (QED) is 0.213. The molecule has 1 aromatic rings. The molecular formula is C24H38IN5O. The van der Waals surface area contributed by atoms with Gasteiger partial charge in [-0.05, 0) is 57.7 Å². The first kappa shape index (κ1) is 25.5. The molecule has 172 valence electrons. The van der Waals surface area contributed by atoms with E-state index in [4.69, 9.17) is 4.99 Å². The van der Waals surface area contributed by atoms with Crippen molar-refractivity contribution >= 4 is 41.5 Å². The Labute approximate surface area is 204 Å². The third-order valence-electron chi connectivity index (χ3n) is 5.67. The normalized spacial score (nSPS) is 21.0. The first-order valence-electron chi connectivity index (χ1n) is 11.4. The molecule has 0 saturated heterocycles. The number of aliphatic imine (C=N–C) groups is 1. The highest BCUT2D eigenvalue weighted by atomic mass is 127. The van der Waals surface area contributed by atoms with Crippen LogP contribution in [0.25, 0.3) is 0 Å². The van der Waals surface area contributed by atoms with Gasteiger partial charge in [0.25, 0.3) is 0 Å². The zero-order valence-corrected chi connectivity index (χ0v) is 21.4. The van der Waals surface area contributed by atoms with Gasteiger partial charge in [0.1, 0.15) is 0 Å². The van der Waals surface area contributed by atoms with Crippen molar-refractivity contribution in [1.29, 1.82) is 0 Å². The second-order valence-electron chi connectivity index (χ2n) is 8.61. The molecular weight excluding hydrogens is 501 g/mol. The predicted molar refractivity (Wildman–Crippen MR) is 140 cm³/mol. The molecule has 31 heavy (non-hydrogen) atoms. The molecule has 1 aromatic carbocycles. The second kappa shape index (κ2) is 12.9. The lowest BCUT2D eigenvalue weighted by Crippen LogP contribution is -2.47. The molecule has 0 aromatic heterocycles. The minimum Gasteiger partial charge on any atom is -0.364 e. The monoisotopic (exact) mass is 539 g/mol. The fourth-order valence-corrected chi connectivity index (χ4v) is 4.19. The van der Waals surface area contributed by atoms with Gasteiger partial charge < -0.3 is 20.9 Å². The summed E-state index contributed by atoms with van der Waals surface area (Å²) >= 11 is 0. The van der Waals surface area contributed by atoms with Crippen LogP contribution in [0, 0.1) is 5.92 Å². The molecule has 3 rings (SSSR count). The van der Waals surface area contributed by atoms with Crippen molar-refractivity contribution in [2.45, 2.75) is 65.1 Å². The summed E-state index contributed by atoms with van der Waals surface area (Å²) in [5.74, 6) is 1.11. The molecule has 1 amide bonds. The number of carbonyl (C=O) groups is 1. The Balaban J connectivity index is 0.00000341. The zero-order valence-electron chi connectivity index (χ0n) is 19.1. The number of nitrogens with one attached hydrogen (secondary N) is 3. The molecule has 3 N–H and O–H groups in total. The van der Waals surface area contributed by atoms with Gasteiger partial charge >= 0.3 is 0 Å². The molecule has 0 bridgehead atoms. The fourth-order valence-electron chi connectivity index (χ4n) is 4.19. The van der Waals surface area contributed by atoms with Crippen molar-refractivity contribution in [3.8, 4) is 0 Å². The van der Waals surface area contributed by atoms with Crippen molar-refractivity contribution < 1.29 is 4.79 Å². The minimum atomic E-state index is 0. The van der Waals surface area contributed by atoms with E-state index < -0.39 is 0 Å². The predicted octanol–water partition coefficient (Wildman–Crippen LogP) is 3.82. The number of rotatable bonds is 7. The summed E-state index contributed by atoms with van der Waals surface area (Å²) in [5.41, 5.74) is 2.45. The van der Waals surface area contributed by atoms with Crippen LogP contribution >= 0.6 is 24.0 Å². The van der Waals surface area contributed by atoms with Gasteiger partial charge in [0.2, 0.25) is 5.91 Å². The zero-order chi connectivity index (χ0) is 21.3. The van der Waals surface area contributed by atoms with Gasteiger partial charge in [0.05, 0.1) is 6.54 Å². The Morgan fingerprint density at radius 1 is 1.23 bits per heavy atom. The van der Waals surface area contributed by atoms with E-state index in [1.807, 2.05) is 13.8 Å². The lowest BCUT2D eigenvalue weighted by Gasteiger charge is -2.30. The number of hydrogen-bond acceptors (Lipinski definition) is 3. The molecule has 1 saturated carbocycles. The molecule has 0 radical (unpaired) electrons. The number of benzene rings is 1. The standard InChI is InChI=1S/C24H37N5O.HI/c1-4-25-24(28-21-11-8-10-20(16-21)23(30)27-18(2)3)26-17-19-9-7-12-22(15-19)29-13-5-6-14-29;/h5-7,9,12,15,18,20-21H,4,8,10-11,13-14,16-17H2,1-3H3,(H,27,30)(H2,25,26,28);1H. The van der Waals surface area contributed by atoms with Gasteiger partial charge in [-0.25, -0.2) is 4.99 Å². The molecule has 2 aliphatic rings. The minimum absolute atomic E-state index is 0. The van der Waals surface area contributed by atoms with Crippen LogP contribution in [-0.4, -0.2) is 43.6 Å². The first-order chi connectivity index (χ1) is 14.5. The lowest BCUT2D eigenvalue weighted by molar-refractivity contribution is -0.126. The van der Waals surface area contributed by atoms with Crippen LogP contribution in [0.2, 0.25) is 0 Å². The van der Waals surface area contributed by atoms with E-state index in [1.165, 1.54) is 11.3 Å². The van der Waals surface area contributed by atoms with Crippen molar-refractivity contribution in [2.75, 3.05) is 24.5 Å². The molecule has 1 fully saturated rings. The topological polar surface area (TPSA) is 68.8 Å². The van der Waals surface area contributed by atoms with E-state index >= 15 is 0 Å². The van der Waals surface area contributed by atoms with Crippen molar-refractivity contribution in [3.05, 3.63) is 42.0 Å². The van der Waals surface area contributed by atoms with Crippen molar-refractivity contribution in [3.63, 3.8) is 0 Å². The fraction of sp³-hybridized carbons (Fsp3) is 0.583. The largest absolute Gasteiger partial charge is 0.364 e. The van der Waals surface area contributed by atoms with Crippen LogP contribution in [0.5, 0.6) is 0 Å². The number of anilines is 1. The molecule has 7 heteroatoms. The van der Waals surface area contributed by atoms with E-state index in [9.17, 15) is 4.79 Å². The van der Waals surface area contributed by atoms with Gasteiger partial charge in [-0.1, -0.05) is 30.7 Å². The van der Waals surface area contributed by atoms with Crippen LogP contribution in [0.3, 0.4) is 0 Å². The summed E-state index contributed by atoms with van der Waals surface area (Å²) in [6.45, 7) is 9.51. The molecule has 2 atom stereocenters. The molecule has 1 aliphatic heterocycles. The SMILES string of the molecule is CCNC(=NCc1cccc(N2CC=CC2)c1)NC1CCCC(C(=O)NC(C)C)C1.I. The number of carbonyl (C=O) groups excluding carboxylic acids is 1. The Morgan fingerprint density at radius 3 is 2.71 bits per heavy atom. The molecule has 6 nitrogen and oxygen atoms in total. The van der Waals surface area contributed by atoms with Crippen LogP contribution in [0.4, 0.5) is 5.69 Å². The van der Waals surface area contributed by atoms with Crippen LogP contribution in [-0.2, 0) is 11.3 Å². The molecule has 0 spiro atoms. The van der Waals surface area contributed by atoms with E-state index in [2.05, 4.69) is 64.2 Å². The van der Waals surface area contributed by atoms with Crippen LogP contribution in [0.15, 0.2) is 41.4 Å². The Morgan fingerprint density at radius 2 is 2.00 bits per heavy atom. The maximum absolute atomic E-state index is 12.4. The number of guanidine groups is 1. The Hall–Kier alpha value is -1.77. The summed E-state index contributed by atoms with van der Waals surface area (Å²) in [5, 5.41) is 10.0. The van der Waals surface area contributed by atoms with Crippen molar-refractivity contribution in [1.82, 2.24) is 16.0 Å². The van der Waals surface area contributed by atoms with Crippen molar-refractivity contribution in [2.24, 2.45) is 10.9 Å². The summed E-state index contributed by atoms with van der Waals surface area (Å²) in [7, 11) is 0. The van der Waals surface area contributed by atoms with Gasteiger partial charge in [-0.2, -0.15) is 0 Å². The smallest absolute Gasteiger partial charge is 0.223 e. The third kappa shape index (κ3) is 8.01. The van der Waals surface area contributed by atoms with Crippen LogP contribution < -0.4 is 20.9 Å². The number of amides is 1. The number of hydrogen-bond donors (Lipinski definition) is 3. The molecule has 1 aliphatic carbocycles. The second-order valence-corrected chi connectivity index (χ2v) is 8.61. The summed E-state index contributed by atoms with van der Waals surface area (Å²) in [4.78, 5) is 19.6. The average molecular weight is 540 g/mol. The summed E-state index contributed by atoms with van der Waals surface area (Å²) in [6, 6.07) is 9.10. The van der Waals surface area contributed by atoms with Gasteiger partial charge in [-0.15, -0.1) is 24.0 Å². The highest BCUT2D eigenvalue weighted by Gasteiger charge is 2.28. The highest BCUT2D eigenvalue weighted by molar-refractivity contribution is 14.0. The Bertz CT molecular complexity index is 756. The van der Waals surface area contributed by atoms with E-state index in [1.54, 1.807) is 0 Å². The number of halogens is 1. The maximum atomic E-state index is 12.4. The third-order valence-corrected chi connectivity index (χ3v) is 5.67. The molecule has 1 heterocycles. The summed E-state index contributed by atoms with van der Waals surface area (Å²) in [6.07, 6.45) is 8.39. The lowest BCUT2D eigenvalue weighted by atomic mass is 9.85. The van der Waals surface area contributed by atoms with E-state index in [0.29, 0.717) is 6.54 Å². The molecule has 2 unspecified atom stereocenters. The van der Waals surface area contributed by atoms with E-state index in [-0.39, 0.29) is 47.9 Å². The average Bonchev–Trinajstić information content (AvgIpc) is 3.27. The summed E-state index contributed by atoms with van der Waals surface area (Å²) < 4.78 is 0. The van der Waals surface area contributed by atoms with E-state index in [0.717, 1.165) is 51.3 Å². The van der Waals surface area contributed by atoms with Crippen LogP contribution in [0.1, 0.15) is 52.0 Å². The van der Waals surface area contributed by atoms with Gasteiger partial charge in [-0.3, -0.25) is 4.79 Å². The number of nitrogens with zero attached hydrogens (tertiary/aromatic N) is 2. The first-order valence-corrected chi connectivity index (χ1v) is 11.4. The Kier molecular flexibility index (Phi) is 10.6. The maximum Gasteiger partial charge on any atom is 0.223 e. The highest BCUT2D eigenvalue weighted by Crippen LogP contribution is 2.25. The van der Waals surface area contributed by atoms with Gasteiger partial charge in [0, 0.05) is 43.3 Å². The van der Waals surface area contributed by atoms with Gasteiger partial charge in [0.15, 0.2) is 5.96 Å².